The fourth-order valence-corrected chi connectivity index (χ4v) is 4.03. The van der Waals surface area contributed by atoms with Gasteiger partial charge in [0.25, 0.3) is 11.9 Å². The van der Waals surface area contributed by atoms with E-state index >= 15 is 0 Å². The number of carbonyl (C=O) groups is 2. The number of halogens is 1. The number of anilines is 1. The molecular weight excluding hydrogens is 430 g/mol. The third-order valence-electron chi connectivity index (χ3n) is 5.59. The van der Waals surface area contributed by atoms with Crippen LogP contribution in [0.2, 0.25) is 5.02 Å². The SMILES string of the molecule is Cc1cc(C)nc(-n2nc(C)cc2NC(=O)COC(=O)C2(c3ccc(Cl)cc3)CCC2)n1. The zero-order valence-electron chi connectivity index (χ0n) is 18.2. The molecule has 0 radical (unpaired) electrons. The highest BCUT2D eigenvalue weighted by Crippen LogP contribution is 2.45. The topological polar surface area (TPSA) is 99.0 Å². The number of nitrogens with zero attached hydrogens (tertiary/aromatic N) is 4. The summed E-state index contributed by atoms with van der Waals surface area (Å²) in [5, 5.41) is 7.73. The van der Waals surface area contributed by atoms with E-state index in [9.17, 15) is 9.59 Å². The van der Waals surface area contributed by atoms with Crippen molar-refractivity contribution in [3.8, 4) is 5.95 Å². The number of benzene rings is 1. The van der Waals surface area contributed by atoms with Gasteiger partial charge in [-0.1, -0.05) is 30.2 Å². The van der Waals surface area contributed by atoms with Crippen LogP contribution in [0.15, 0.2) is 36.4 Å². The molecule has 0 atom stereocenters. The maximum absolute atomic E-state index is 12.9. The fraction of sp³-hybridized carbons (Fsp3) is 0.348. The number of ether oxygens (including phenoxy) is 1. The molecule has 3 aromatic rings. The van der Waals surface area contributed by atoms with Crippen molar-refractivity contribution in [1.82, 2.24) is 19.7 Å². The molecule has 0 unspecified atom stereocenters. The Kier molecular flexibility index (Phi) is 5.97. The lowest BCUT2D eigenvalue weighted by atomic mass is 9.64. The summed E-state index contributed by atoms with van der Waals surface area (Å²) in [6.07, 6.45) is 2.30. The number of aromatic nitrogens is 4. The molecule has 0 aliphatic heterocycles. The summed E-state index contributed by atoms with van der Waals surface area (Å²) in [6, 6.07) is 10.8. The van der Waals surface area contributed by atoms with Crippen molar-refractivity contribution in [2.24, 2.45) is 0 Å². The van der Waals surface area contributed by atoms with E-state index in [1.807, 2.05) is 32.0 Å². The molecule has 1 saturated carbocycles. The summed E-state index contributed by atoms with van der Waals surface area (Å²) < 4.78 is 6.88. The molecule has 32 heavy (non-hydrogen) atoms. The maximum atomic E-state index is 12.9. The van der Waals surface area contributed by atoms with E-state index in [0.29, 0.717) is 35.3 Å². The molecule has 4 rings (SSSR count). The molecule has 0 spiro atoms. The highest BCUT2D eigenvalue weighted by molar-refractivity contribution is 6.30. The highest BCUT2D eigenvalue weighted by atomic mass is 35.5. The Bertz CT molecular complexity index is 1150. The molecule has 1 N–H and O–H groups in total. The molecule has 9 heteroatoms. The molecule has 8 nitrogen and oxygen atoms in total. The van der Waals surface area contributed by atoms with Crippen molar-refractivity contribution in [2.45, 2.75) is 45.4 Å². The molecule has 0 saturated heterocycles. The smallest absolute Gasteiger partial charge is 0.317 e. The Morgan fingerprint density at radius 1 is 1.06 bits per heavy atom. The molecule has 2 heterocycles. The van der Waals surface area contributed by atoms with E-state index in [4.69, 9.17) is 16.3 Å². The third kappa shape index (κ3) is 4.36. The minimum atomic E-state index is -0.712. The van der Waals surface area contributed by atoms with Crippen LogP contribution >= 0.6 is 11.6 Å². The summed E-state index contributed by atoms with van der Waals surface area (Å²) in [4.78, 5) is 34.2. The summed E-state index contributed by atoms with van der Waals surface area (Å²) in [5.41, 5.74) is 2.42. The average molecular weight is 454 g/mol. The Morgan fingerprint density at radius 2 is 1.72 bits per heavy atom. The number of carbonyl (C=O) groups excluding carboxylic acids is 2. The Morgan fingerprint density at radius 3 is 2.31 bits per heavy atom. The van der Waals surface area contributed by atoms with Crippen molar-refractivity contribution in [3.05, 3.63) is 64.1 Å². The molecule has 0 bridgehead atoms. The van der Waals surface area contributed by atoms with Gasteiger partial charge in [-0.15, -0.1) is 0 Å². The lowest BCUT2D eigenvalue weighted by Crippen LogP contribution is -2.44. The zero-order valence-corrected chi connectivity index (χ0v) is 18.9. The number of hydrogen-bond acceptors (Lipinski definition) is 6. The van der Waals surface area contributed by atoms with E-state index in [2.05, 4.69) is 20.4 Å². The van der Waals surface area contributed by atoms with E-state index in [-0.39, 0.29) is 0 Å². The van der Waals surface area contributed by atoms with Crippen molar-refractivity contribution in [3.63, 3.8) is 0 Å². The van der Waals surface area contributed by atoms with Gasteiger partial charge in [0, 0.05) is 22.5 Å². The average Bonchev–Trinajstić information content (AvgIpc) is 3.06. The number of hydrogen-bond donors (Lipinski definition) is 1. The minimum Gasteiger partial charge on any atom is -0.455 e. The van der Waals surface area contributed by atoms with Crippen LogP contribution in [-0.4, -0.2) is 38.2 Å². The molecule has 166 valence electrons. The van der Waals surface area contributed by atoms with Gasteiger partial charge in [0.05, 0.1) is 11.1 Å². The highest BCUT2D eigenvalue weighted by Gasteiger charge is 2.47. The summed E-state index contributed by atoms with van der Waals surface area (Å²) >= 11 is 5.97. The first-order chi connectivity index (χ1) is 15.3. The van der Waals surface area contributed by atoms with Gasteiger partial charge >= 0.3 is 5.97 Å². The second-order valence-corrected chi connectivity index (χ2v) is 8.54. The molecule has 2 aromatic heterocycles. The van der Waals surface area contributed by atoms with Gasteiger partial charge in [-0.25, -0.2) is 9.97 Å². The predicted molar refractivity (Wildman–Crippen MR) is 120 cm³/mol. The first kappa shape index (κ1) is 22.0. The monoisotopic (exact) mass is 453 g/mol. The van der Waals surface area contributed by atoms with E-state index in [1.54, 1.807) is 25.1 Å². The summed E-state index contributed by atoms with van der Waals surface area (Å²) in [6.45, 7) is 5.14. The van der Waals surface area contributed by atoms with Crippen LogP contribution in [0.1, 0.15) is 41.9 Å². The molecule has 1 fully saturated rings. The van der Waals surface area contributed by atoms with Gasteiger partial charge < -0.3 is 10.1 Å². The summed E-state index contributed by atoms with van der Waals surface area (Å²) in [5.74, 6) is -0.0957. The Balaban J connectivity index is 1.45. The normalized spacial score (nSPS) is 14.5. The largest absolute Gasteiger partial charge is 0.455 e. The van der Waals surface area contributed by atoms with E-state index in [0.717, 1.165) is 23.4 Å². The van der Waals surface area contributed by atoms with Crippen molar-refractivity contribution < 1.29 is 14.3 Å². The number of rotatable bonds is 6. The van der Waals surface area contributed by atoms with Crippen LogP contribution in [0, 0.1) is 20.8 Å². The van der Waals surface area contributed by atoms with Gasteiger partial charge in [-0.2, -0.15) is 9.78 Å². The van der Waals surface area contributed by atoms with Crippen LogP contribution in [0.5, 0.6) is 0 Å². The van der Waals surface area contributed by atoms with Crippen molar-refractivity contribution in [1.29, 1.82) is 0 Å². The lowest BCUT2D eigenvalue weighted by Gasteiger charge is -2.39. The van der Waals surface area contributed by atoms with Crippen molar-refractivity contribution in [2.75, 3.05) is 11.9 Å². The predicted octanol–water partition coefficient (Wildman–Crippen LogP) is 3.84. The summed E-state index contributed by atoms with van der Waals surface area (Å²) in [7, 11) is 0. The molecular formula is C23H24ClN5O3. The molecule has 1 aliphatic carbocycles. The lowest BCUT2D eigenvalue weighted by molar-refractivity contribution is -0.156. The van der Waals surface area contributed by atoms with Gasteiger partial charge in [-0.05, 0) is 57.4 Å². The second kappa shape index (κ2) is 8.70. The number of amides is 1. The van der Waals surface area contributed by atoms with Crippen molar-refractivity contribution >= 4 is 29.3 Å². The van der Waals surface area contributed by atoms with Crippen LogP contribution in [-0.2, 0) is 19.7 Å². The van der Waals surface area contributed by atoms with Gasteiger partial charge in [-0.3, -0.25) is 9.59 Å². The third-order valence-corrected chi connectivity index (χ3v) is 5.84. The molecule has 1 aliphatic rings. The van der Waals surface area contributed by atoms with E-state index in [1.165, 1.54) is 4.68 Å². The van der Waals surface area contributed by atoms with Crippen LogP contribution < -0.4 is 5.32 Å². The standard InChI is InChI=1S/C23H24ClN5O3/c1-14-11-15(2)26-22(25-14)29-19(12-16(3)28-29)27-20(30)13-32-21(31)23(9-4-10-23)17-5-7-18(24)8-6-17/h5-8,11-12H,4,9-10,13H2,1-3H3,(H,27,30). The molecule has 1 aromatic carbocycles. The molecule has 1 amide bonds. The first-order valence-electron chi connectivity index (χ1n) is 10.4. The minimum absolute atomic E-state index is 0.360. The maximum Gasteiger partial charge on any atom is 0.317 e. The Hall–Kier alpha value is -3.26. The number of esters is 1. The number of nitrogens with one attached hydrogen (secondary N) is 1. The second-order valence-electron chi connectivity index (χ2n) is 8.10. The first-order valence-corrected chi connectivity index (χ1v) is 10.8. The van der Waals surface area contributed by atoms with Crippen LogP contribution in [0.25, 0.3) is 5.95 Å². The quantitative estimate of drug-likeness (QED) is 0.569. The number of aryl methyl sites for hydroxylation is 3. The van der Waals surface area contributed by atoms with Gasteiger partial charge in [0.15, 0.2) is 6.61 Å². The van der Waals surface area contributed by atoms with Crippen LogP contribution in [0.3, 0.4) is 0 Å². The fourth-order valence-electron chi connectivity index (χ4n) is 3.90. The van der Waals surface area contributed by atoms with Crippen LogP contribution in [0.4, 0.5) is 5.82 Å². The van der Waals surface area contributed by atoms with Gasteiger partial charge in [0.2, 0.25) is 0 Å². The Labute approximate surface area is 191 Å². The zero-order chi connectivity index (χ0) is 22.9. The van der Waals surface area contributed by atoms with E-state index < -0.39 is 23.9 Å². The van der Waals surface area contributed by atoms with Gasteiger partial charge in [0.1, 0.15) is 5.82 Å².